The summed E-state index contributed by atoms with van der Waals surface area (Å²) in [5, 5.41) is 0. The summed E-state index contributed by atoms with van der Waals surface area (Å²) in [6, 6.07) is 6.93. The van der Waals surface area contributed by atoms with E-state index in [2.05, 4.69) is 0 Å². The van der Waals surface area contributed by atoms with Crippen molar-refractivity contribution in [2.45, 2.75) is 18.9 Å². The number of hydrogen-bond donors (Lipinski definition) is 1. The van der Waals surface area contributed by atoms with Crippen LogP contribution in [0.4, 0.5) is 11.4 Å². The van der Waals surface area contributed by atoms with Crippen LogP contribution in [0.15, 0.2) is 24.3 Å². The number of anilines is 2. The Labute approximate surface area is 108 Å². The van der Waals surface area contributed by atoms with Gasteiger partial charge in [0.05, 0.1) is 23.2 Å². The number of hydrogen-bond acceptors (Lipinski definition) is 4. The Hall–Kier alpha value is -1.27. The van der Waals surface area contributed by atoms with Crippen LogP contribution in [-0.4, -0.2) is 33.9 Å². The molecule has 1 atom stereocenters. The molecular weight excluding hydrogens is 252 g/mol. The highest BCUT2D eigenvalue weighted by atomic mass is 32.2. The summed E-state index contributed by atoms with van der Waals surface area (Å²) >= 11 is 0. The molecular formula is C12H18N2O3S. The SMILES string of the molecule is CN(c1ccccc1N)S(=O)(=O)CC1CCCO1. The highest BCUT2D eigenvalue weighted by Crippen LogP contribution is 2.25. The van der Waals surface area contributed by atoms with Crippen molar-refractivity contribution in [2.24, 2.45) is 0 Å². The summed E-state index contributed by atoms with van der Waals surface area (Å²) in [6.45, 7) is 0.650. The van der Waals surface area contributed by atoms with Crippen LogP contribution in [0.5, 0.6) is 0 Å². The lowest BCUT2D eigenvalue weighted by Gasteiger charge is -2.22. The Kier molecular flexibility index (Phi) is 3.77. The van der Waals surface area contributed by atoms with Crippen molar-refractivity contribution in [1.82, 2.24) is 0 Å². The molecule has 18 heavy (non-hydrogen) atoms. The van der Waals surface area contributed by atoms with E-state index in [1.165, 1.54) is 11.4 Å². The lowest BCUT2D eigenvalue weighted by Crippen LogP contribution is -2.34. The van der Waals surface area contributed by atoms with E-state index < -0.39 is 10.0 Å². The highest BCUT2D eigenvalue weighted by Gasteiger charge is 2.27. The van der Waals surface area contributed by atoms with Crippen molar-refractivity contribution in [3.8, 4) is 0 Å². The molecule has 0 bridgehead atoms. The van der Waals surface area contributed by atoms with Gasteiger partial charge in [0.1, 0.15) is 0 Å². The minimum absolute atomic E-state index is 0.0117. The van der Waals surface area contributed by atoms with E-state index in [4.69, 9.17) is 10.5 Å². The molecule has 5 nitrogen and oxygen atoms in total. The zero-order valence-electron chi connectivity index (χ0n) is 10.4. The van der Waals surface area contributed by atoms with Crippen LogP contribution in [0.1, 0.15) is 12.8 Å². The van der Waals surface area contributed by atoms with Crippen molar-refractivity contribution in [3.05, 3.63) is 24.3 Å². The molecule has 1 aromatic carbocycles. The molecule has 100 valence electrons. The number of rotatable bonds is 4. The molecule has 0 aliphatic carbocycles. The first-order chi connectivity index (χ1) is 8.50. The first-order valence-electron chi connectivity index (χ1n) is 5.93. The second kappa shape index (κ2) is 5.16. The predicted molar refractivity (Wildman–Crippen MR) is 72.0 cm³/mol. The number of nitrogens with zero attached hydrogens (tertiary/aromatic N) is 1. The number of ether oxygens (including phenoxy) is 1. The topological polar surface area (TPSA) is 72.6 Å². The van der Waals surface area contributed by atoms with Crippen LogP contribution in [-0.2, 0) is 14.8 Å². The second-order valence-corrected chi connectivity index (χ2v) is 6.48. The van der Waals surface area contributed by atoms with Gasteiger partial charge in [-0.3, -0.25) is 4.31 Å². The number of nitrogens with two attached hydrogens (primary N) is 1. The number of benzene rings is 1. The molecule has 1 aliphatic heterocycles. The first-order valence-corrected chi connectivity index (χ1v) is 7.54. The Morgan fingerprint density at radius 2 is 2.17 bits per heavy atom. The zero-order chi connectivity index (χ0) is 13.2. The van der Waals surface area contributed by atoms with E-state index >= 15 is 0 Å². The van der Waals surface area contributed by atoms with Gasteiger partial charge in [-0.15, -0.1) is 0 Å². The summed E-state index contributed by atoms with van der Waals surface area (Å²) in [4.78, 5) is 0. The monoisotopic (exact) mass is 270 g/mol. The number of sulfonamides is 1. The van der Waals surface area contributed by atoms with E-state index in [0.717, 1.165) is 12.8 Å². The first kappa shape index (κ1) is 13.2. The maximum absolute atomic E-state index is 12.2. The molecule has 1 aliphatic rings. The van der Waals surface area contributed by atoms with Gasteiger partial charge in [-0.2, -0.15) is 0 Å². The van der Waals surface area contributed by atoms with Gasteiger partial charge in [-0.25, -0.2) is 8.42 Å². The van der Waals surface area contributed by atoms with Gasteiger partial charge < -0.3 is 10.5 Å². The minimum Gasteiger partial charge on any atom is -0.397 e. The van der Waals surface area contributed by atoms with E-state index in [9.17, 15) is 8.42 Å². The zero-order valence-corrected chi connectivity index (χ0v) is 11.2. The van der Waals surface area contributed by atoms with Gasteiger partial charge in [-0.1, -0.05) is 12.1 Å². The fraction of sp³-hybridized carbons (Fsp3) is 0.500. The van der Waals surface area contributed by atoms with Gasteiger partial charge >= 0.3 is 0 Å². The molecule has 1 saturated heterocycles. The maximum atomic E-state index is 12.2. The van der Waals surface area contributed by atoms with E-state index in [0.29, 0.717) is 18.0 Å². The summed E-state index contributed by atoms with van der Waals surface area (Å²) < 4.78 is 31.1. The third-order valence-electron chi connectivity index (χ3n) is 3.11. The third kappa shape index (κ3) is 2.76. The molecule has 1 heterocycles. The Morgan fingerprint density at radius 3 is 2.78 bits per heavy atom. The summed E-state index contributed by atoms with van der Waals surface area (Å²) in [5.41, 5.74) is 6.75. The van der Waals surface area contributed by atoms with Gasteiger partial charge in [0.25, 0.3) is 0 Å². The molecule has 2 N–H and O–H groups in total. The predicted octanol–water partition coefficient (Wildman–Crippen LogP) is 1.21. The van der Waals surface area contributed by atoms with Crippen molar-refractivity contribution in [3.63, 3.8) is 0 Å². The average molecular weight is 270 g/mol. The fourth-order valence-electron chi connectivity index (χ4n) is 2.05. The van der Waals surface area contributed by atoms with Crippen molar-refractivity contribution in [2.75, 3.05) is 29.4 Å². The molecule has 0 spiro atoms. The minimum atomic E-state index is -3.39. The van der Waals surface area contributed by atoms with Gasteiger partial charge in [0.2, 0.25) is 10.0 Å². The van der Waals surface area contributed by atoms with Crippen molar-refractivity contribution < 1.29 is 13.2 Å². The van der Waals surface area contributed by atoms with Crippen LogP contribution in [0.3, 0.4) is 0 Å². The molecule has 0 aromatic heterocycles. The van der Waals surface area contributed by atoms with Crippen LogP contribution < -0.4 is 10.0 Å². The lowest BCUT2D eigenvalue weighted by molar-refractivity contribution is 0.127. The van der Waals surface area contributed by atoms with Crippen LogP contribution in [0, 0.1) is 0 Å². The number of para-hydroxylation sites is 2. The fourth-order valence-corrected chi connectivity index (χ4v) is 3.47. The molecule has 6 heteroatoms. The maximum Gasteiger partial charge on any atom is 0.237 e. The van der Waals surface area contributed by atoms with E-state index in [1.807, 2.05) is 0 Å². The summed E-state index contributed by atoms with van der Waals surface area (Å²) in [6.07, 6.45) is 1.54. The Morgan fingerprint density at radius 1 is 1.44 bits per heavy atom. The van der Waals surface area contributed by atoms with E-state index in [-0.39, 0.29) is 11.9 Å². The molecule has 0 radical (unpaired) electrons. The van der Waals surface area contributed by atoms with Gasteiger partial charge in [0.15, 0.2) is 0 Å². The average Bonchev–Trinajstić information content (AvgIpc) is 2.81. The molecule has 0 saturated carbocycles. The second-order valence-electron chi connectivity index (χ2n) is 4.44. The van der Waals surface area contributed by atoms with Crippen LogP contribution in [0.2, 0.25) is 0 Å². The van der Waals surface area contributed by atoms with E-state index in [1.54, 1.807) is 24.3 Å². The lowest BCUT2D eigenvalue weighted by atomic mass is 10.3. The van der Waals surface area contributed by atoms with Crippen molar-refractivity contribution >= 4 is 21.4 Å². The number of nitrogen functional groups attached to an aromatic ring is 1. The normalized spacial score (nSPS) is 19.9. The Balaban J connectivity index is 2.16. The van der Waals surface area contributed by atoms with Crippen molar-refractivity contribution in [1.29, 1.82) is 0 Å². The highest BCUT2D eigenvalue weighted by molar-refractivity contribution is 7.92. The Bertz CT molecular complexity index is 510. The van der Waals surface area contributed by atoms with Gasteiger partial charge in [-0.05, 0) is 25.0 Å². The largest absolute Gasteiger partial charge is 0.397 e. The molecule has 1 fully saturated rings. The third-order valence-corrected chi connectivity index (χ3v) is 4.94. The standard InChI is InChI=1S/C12H18N2O3S/c1-14(12-7-3-2-6-11(12)13)18(15,16)9-10-5-4-8-17-10/h2-3,6-7,10H,4-5,8-9,13H2,1H3. The molecule has 2 rings (SSSR count). The van der Waals surface area contributed by atoms with Crippen LogP contribution in [0.25, 0.3) is 0 Å². The molecule has 0 amide bonds. The summed E-state index contributed by atoms with van der Waals surface area (Å²) in [7, 11) is -1.87. The molecule has 1 unspecified atom stereocenters. The molecule has 1 aromatic rings. The van der Waals surface area contributed by atoms with Gasteiger partial charge in [0, 0.05) is 13.7 Å². The van der Waals surface area contributed by atoms with Crippen LogP contribution >= 0.6 is 0 Å². The smallest absolute Gasteiger partial charge is 0.237 e. The summed E-state index contributed by atoms with van der Waals surface area (Å²) in [5.74, 6) is 0.0117. The quantitative estimate of drug-likeness (QED) is 0.835.